The van der Waals surface area contributed by atoms with Gasteiger partial charge in [-0.15, -0.1) is 0 Å². The highest BCUT2D eigenvalue weighted by Crippen LogP contribution is 2.12. The van der Waals surface area contributed by atoms with E-state index >= 15 is 0 Å². The molecular formula is C11H12NO2. The van der Waals surface area contributed by atoms with E-state index in [1.165, 1.54) is 4.90 Å². The van der Waals surface area contributed by atoms with Gasteiger partial charge in [0.1, 0.15) is 0 Å². The van der Waals surface area contributed by atoms with Crippen LogP contribution >= 0.6 is 0 Å². The monoisotopic (exact) mass is 190 g/mol. The normalized spacial score (nSPS) is 9.50. The Bertz CT molecular complexity index is 308. The minimum absolute atomic E-state index is 0.0699. The molecule has 0 unspecified atom stereocenters. The van der Waals surface area contributed by atoms with Gasteiger partial charge in [0.15, 0.2) is 6.29 Å². The van der Waals surface area contributed by atoms with Crippen molar-refractivity contribution in [3.05, 3.63) is 30.3 Å². The molecule has 0 saturated heterocycles. The molecule has 0 bridgehead atoms. The number of para-hydroxylation sites is 1. The lowest BCUT2D eigenvalue weighted by atomic mass is 10.2. The predicted octanol–water partition coefficient (Wildman–Crippen LogP) is 1.54. The molecule has 0 N–H and O–H groups in total. The standard InChI is InChI=1S/C11H12NO2/c1-12(11(14)8-5-9-13)10-6-3-2-4-7-10/h2-4,6-7H,5,8H2,1H3. The van der Waals surface area contributed by atoms with Gasteiger partial charge >= 0.3 is 0 Å². The van der Waals surface area contributed by atoms with E-state index in [0.717, 1.165) is 5.69 Å². The molecule has 0 aliphatic carbocycles. The van der Waals surface area contributed by atoms with Crippen molar-refractivity contribution in [3.63, 3.8) is 0 Å². The van der Waals surface area contributed by atoms with Gasteiger partial charge in [-0.05, 0) is 12.1 Å². The highest BCUT2D eigenvalue weighted by molar-refractivity contribution is 5.93. The molecule has 1 aromatic rings. The molecule has 14 heavy (non-hydrogen) atoms. The zero-order valence-corrected chi connectivity index (χ0v) is 8.06. The molecule has 1 aromatic carbocycles. The average molecular weight is 190 g/mol. The summed E-state index contributed by atoms with van der Waals surface area (Å²) in [7, 11) is 1.70. The first-order chi connectivity index (χ1) is 6.75. The van der Waals surface area contributed by atoms with Crippen LogP contribution in [0.5, 0.6) is 0 Å². The lowest BCUT2D eigenvalue weighted by Crippen LogP contribution is -2.25. The number of anilines is 1. The number of hydrogen-bond acceptors (Lipinski definition) is 2. The van der Waals surface area contributed by atoms with E-state index in [-0.39, 0.29) is 18.7 Å². The van der Waals surface area contributed by atoms with Gasteiger partial charge in [0.05, 0.1) is 0 Å². The second-order valence-corrected chi connectivity index (χ2v) is 2.93. The van der Waals surface area contributed by atoms with Crippen LogP contribution in [0.4, 0.5) is 5.69 Å². The number of nitrogens with zero attached hydrogens (tertiary/aromatic N) is 1. The van der Waals surface area contributed by atoms with E-state index < -0.39 is 0 Å². The Balaban J connectivity index is 2.61. The van der Waals surface area contributed by atoms with Crippen LogP contribution < -0.4 is 4.90 Å². The molecule has 1 amide bonds. The van der Waals surface area contributed by atoms with Crippen LogP contribution in [0.2, 0.25) is 0 Å². The summed E-state index contributed by atoms with van der Waals surface area (Å²) < 4.78 is 0. The number of rotatable bonds is 4. The van der Waals surface area contributed by atoms with Crippen molar-refractivity contribution in [1.29, 1.82) is 0 Å². The number of benzene rings is 1. The first-order valence-electron chi connectivity index (χ1n) is 4.42. The van der Waals surface area contributed by atoms with Crippen LogP contribution in [-0.4, -0.2) is 19.2 Å². The molecule has 0 spiro atoms. The van der Waals surface area contributed by atoms with Crippen molar-refractivity contribution in [2.75, 3.05) is 11.9 Å². The van der Waals surface area contributed by atoms with E-state index in [1.54, 1.807) is 13.3 Å². The van der Waals surface area contributed by atoms with Gasteiger partial charge < -0.3 is 4.90 Å². The lowest BCUT2D eigenvalue weighted by molar-refractivity contribution is -0.118. The number of carbonyl (C=O) groups is 1. The van der Waals surface area contributed by atoms with Gasteiger partial charge in [-0.2, -0.15) is 0 Å². The van der Waals surface area contributed by atoms with E-state index in [4.69, 9.17) is 0 Å². The summed E-state index contributed by atoms with van der Waals surface area (Å²) in [6, 6.07) is 9.32. The zero-order chi connectivity index (χ0) is 10.4. The minimum atomic E-state index is -0.0699. The third-order valence-corrected chi connectivity index (χ3v) is 1.96. The second kappa shape index (κ2) is 5.17. The van der Waals surface area contributed by atoms with Crippen molar-refractivity contribution < 1.29 is 9.59 Å². The molecule has 0 aromatic heterocycles. The third kappa shape index (κ3) is 2.69. The van der Waals surface area contributed by atoms with E-state index in [0.29, 0.717) is 0 Å². The summed E-state index contributed by atoms with van der Waals surface area (Å²) in [6.45, 7) is 0. The molecule has 0 atom stereocenters. The summed E-state index contributed by atoms with van der Waals surface area (Å²) in [5.74, 6) is -0.0699. The van der Waals surface area contributed by atoms with E-state index in [2.05, 4.69) is 0 Å². The van der Waals surface area contributed by atoms with Crippen LogP contribution in [0.1, 0.15) is 12.8 Å². The Morgan fingerprint density at radius 2 is 2.00 bits per heavy atom. The average Bonchev–Trinajstić information content (AvgIpc) is 2.26. The van der Waals surface area contributed by atoms with Gasteiger partial charge in [-0.25, -0.2) is 0 Å². The fourth-order valence-corrected chi connectivity index (χ4v) is 1.12. The SMILES string of the molecule is CN(C(=O)CC[C]=O)c1ccccc1. The Labute approximate surface area is 83.3 Å². The fraction of sp³-hybridized carbons (Fsp3) is 0.273. The molecular weight excluding hydrogens is 178 g/mol. The van der Waals surface area contributed by atoms with Crippen LogP contribution in [0, 0.1) is 0 Å². The molecule has 0 heterocycles. The maximum Gasteiger partial charge on any atom is 0.227 e. The van der Waals surface area contributed by atoms with Crippen LogP contribution in [0.15, 0.2) is 30.3 Å². The quantitative estimate of drug-likeness (QED) is 0.722. The van der Waals surface area contributed by atoms with Gasteiger partial charge in [0, 0.05) is 25.6 Å². The molecule has 3 heteroatoms. The molecule has 0 saturated carbocycles. The molecule has 0 aliphatic heterocycles. The molecule has 73 valence electrons. The summed E-state index contributed by atoms with van der Waals surface area (Å²) in [5.41, 5.74) is 0.836. The first kappa shape index (κ1) is 10.4. The van der Waals surface area contributed by atoms with Crippen LogP contribution in [-0.2, 0) is 9.59 Å². The maximum atomic E-state index is 11.4. The number of hydrogen-bond donors (Lipinski definition) is 0. The number of amides is 1. The summed E-state index contributed by atoms with van der Waals surface area (Å²) in [5, 5.41) is 0. The molecule has 1 radical (unpaired) electrons. The highest BCUT2D eigenvalue weighted by atomic mass is 16.2. The third-order valence-electron chi connectivity index (χ3n) is 1.96. The Morgan fingerprint density at radius 3 is 2.57 bits per heavy atom. The van der Waals surface area contributed by atoms with Gasteiger partial charge in [0.2, 0.25) is 5.91 Å². The minimum Gasteiger partial charge on any atom is -0.315 e. The molecule has 0 fully saturated rings. The predicted molar refractivity (Wildman–Crippen MR) is 54.8 cm³/mol. The van der Waals surface area contributed by atoms with Crippen molar-refractivity contribution in [3.8, 4) is 0 Å². The summed E-state index contributed by atoms with van der Waals surface area (Å²) in [6.07, 6.45) is 2.09. The summed E-state index contributed by atoms with van der Waals surface area (Å²) in [4.78, 5) is 23.0. The van der Waals surface area contributed by atoms with Crippen molar-refractivity contribution in [2.45, 2.75) is 12.8 Å². The Morgan fingerprint density at radius 1 is 1.36 bits per heavy atom. The Kier molecular flexibility index (Phi) is 3.85. The van der Waals surface area contributed by atoms with Crippen LogP contribution in [0.3, 0.4) is 0 Å². The molecule has 0 aliphatic rings. The van der Waals surface area contributed by atoms with Crippen molar-refractivity contribution >= 4 is 17.9 Å². The smallest absolute Gasteiger partial charge is 0.227 e. The Hall–Kier alpha value is -1.64. The zero-order valence-electron chi connectivity index (χ0n) is 8.06. The molecule has 3 nitrogen and oxygen atoms in total. The summed E-state index contributed by atoms with van der Waals surface area (Å²) >= 11 is 0. The van der Waals surface area contributed by atoms with E-state index in [9.17, 15) is 9.59 Å². The fourth-order valence-electron chi connectivity index (χ4n) is 1.12. The van der Waals surface area contributed by atoms with Gasteiger partial charge in [-0.1, -0.05) is 18.2 Å². The largest absolute Gasteiger partial charge is 0.315 e. The first-order valence-corrected chi connectivity index (χ1v) is 4.42. The van der Waals surface area contributed by atoms with Crippen molar-refractivity contribution in [1.82, 2.24) is 0 Å². The van der Waals surface area contributed by atoms with E-state index in [1.807, 2.05) is 30.3 Å². The second-order valence-electron chi connectivity index (χ2n) is 2.93. The highest BCUT2D eigenvalue weighted by Gasteiger charge is 2.09. The van der Waals surface area contributed by atoms with Gasteiger partial charge in [-0.3, -0.25) is 9.59 Å². The van der Waals surface area contributed by atoms with Crippen molar-refractivity contribution in [2.24, 2.45) is 0 Å². The topological polar surface area (TPSA) is 37.4 Å². The number of carbonyl (C=O) groups excluding carboxylic acids is 2. The van der Waals surface area contributed by atoms with Crippen LogP contribution in [0.25, 0.3) is 0 Å². The molecule has 1 rings (SSSR count). The maximum absolute atomic E-state index is 11.4. The van der Waals surface area contributed by atoms with Gasteiger partial charge in [0.25, 0.3) is 0 Å². The lowest BCUT2D eigenvalue weighted by Gasteiger charge is -2.16.